The number of ketones is 1. The maximum absolute atomic E-state index is 12.8. The van der Waals surface area contributed by atoms with E-state index < -0.39 is 12.0 Å². The standard InChI is InChI=1S/C20H22N2O4S/c1-6-26-19(24)16-11(2)21-20-22(12(3)18(27-20)13(4)23)17(16)14-8-7-9-15(10-14)25-5/h7-10,17H,6H2,1-5H3/t17-/m0/s1. The molecule has 1 atom stereocenters. The van der Waals surface area contributed by atoms with Crippen LogP contribution in [0.25, 0.3) is 0 Å². The molecule has 2 aliphatic heterocycles. The third-order valence-electron chi connectivity index (χ3n) is 4.50. The molecule has 0 saturated heterocycles. The van der Waals surface area contributed by atoms with E-state index in [1.54, 1.807) is 21.0 Å². The van der Waals surface area contributed by atoms with Crippen LogP contribution in [-0.4, -0.2) is 35.5 Å². The first kappa shape index (κ1) is 19.2. The number of carbonyl (C=O) groups is 2. The van der Waals surface area contributed by atoms with Crippen molar-refractivity contribution in [3.8, 4) is 5.75 Å². The van der Waals surface area contributed by atoms with E-state index in [0.29, 0.717) is 27.1 Å². The number of hydrogen-bond acceptors (Lipinski definition) is 7. The summed E-state index contributed by atoms with van der Waals surface area (Å²) >= 11 is 1.34. The molecule has 0 fully saturated rings. The van der Waals surface area contributed by atoms with Gasteiger partial charge in [-0.25, -0.2) is 9.79 Å². The number of methoxy groups -OCH3 is 1. The zero-order valence-corrected chi connectivity index (χ0v) is 16.8. The first-order valence-electron chi connectivity index (χ1n) is 8.68. The Balaban J connectivity index is 2.20. The number of hydrogen-bond donors (Lipinski definition) is 0. The summed E-state index contributed by atoms with van der Waals surface area (Å²) in [5.74, 6) is 0.270. The number of amidine groups is 1. The van der Waals surface area contributed by atoms with Crippen LogP contribution in [0.3, 0.4) is 0 Å². The highest BCUT2D eigenvalue weighted by Crippen LogP contribution is 2.47. The minimum atomic E-state index is -0.434. The highest BCUT2D eigenvalue weighted by atomic mass is 32.2. The summed E-state index contributed by atoms with van der Waals surface area (Å²) in [4.78, 5) is 32.0. The van der Waals surface area contributed by atoms with Crippen molar-refractivity contribution >= 4 is 28.7 Å². The molecule has 0 aromatic heterocycles. The molecular weight excluding hydrogens is 364 g/mol. The van der Waals surface area contributed by atoms with Crippen LogP contribution in [-0.2, 0) is 14.3 Å². The van der Waals surface area contributed by atoms with Gasteiger partial charge in [-0.15, -0.1) is 0 Å². The van der Waals surface area contributed by atoms with Crippen molar-refractivity contribution in [2.24, 2.45) is 4.99 Å². The second kappa shape index (κ2) is 7.60. The topological polar surface area (TPSA) is 68.2 Å². The first-order chi connectivity index (χ1) is 12.9. The molecule has 142 valence electrons. The molecule has 0 bridgehead atoms. The quantitative estimate of drug-likeness (QED) is 0.717. The summed E-state index contributed by atoms with van der Waals surface area (Å²) in [7, 11) is 1.60. The van der Waals surface area contributed by atoms with Gasteiger partial charge in [0.05, 0.1) is 35.9 Å². The zero-order chi connectivity index (χ0) is 19.7. The summed E-state index contributed by atoms with van der Waals surface area (Å²) in [5.41, 5.74) is 2.72. The third kappa shape index (κ3) is 3.39. The van der Waals surface area contributed by atoms with Crippen molar-refractivity contribution in [2.75, 3.05) is 13.7 Å². The predicted octanol–water partition coefficient (Wildman–Crippen LogP) is 3.81. The number of allylic oxidation sites excluding steroid dienone is 3. The van der Waals surface area contributed by atoms with Crippen LogP contribution in [0.1, 0.15) is 39.3 Å². The van der Waals surface area contributed by atoms with Crippen molar-refractivity contribution in [1.29, 1.82) is 0 Å². The number of esters is 1. The molecule has 1 aromatic carbocycles. The van der Waals surface area contributed by atoms with E-state index in [4.69, 9.17) is 9.47 Å². The number of nitrogens with zero attached hydrogens (tertiary/aromatic N) is 2. The fourth-order valence-corrected chi connectivity index (χ4v) is 4.40. The number of aliphatic imine (C=N–C) groups is 1. The van der Waals surface area contributed by atoms with E-state index in [-0.39, 0.29) is 12.4 Å². The maximum atomic E-state index is 12.8. The van der Waals surface area contributed by atoms with Gasteiger partial charge in [-0.3, -0.25) is 4.79 Å². The lowest BCUT2D eigenvalue weighted by atomic mass is 9.94. The Morgan fingerprint density at radius 2 is 2.04 bits per heavy atom. The Kier molecular flexibility index (Phi) is 5.41. The zero-order valence-electron chi connectivity index (χ0n) is 16.0. The lowest BCUT2D eigenvalue weighted by Crippen LogP contribution is -2.36. The lowest BCUT2D eigenvalue weighted by molar-refractivity contribution is -0.139. The number of Topliss-reactive ketones (excluding diaryl/α,β-unsaturated/α-hetero) is 1. The molecule has 7 heteroatoms. The minimum Gasteiger partial charge on any atom is -0.497 e. The predicted molar refractivity (Wildman–Crippen MR) is 105 cm³/mol. The second-order valence-corrected chi connectivity index (χ2v) is 7.21. The molecule has 0 N–H and O–H groups in total. The summed E-state index contributed by atoms with van der Waals surface area (Å²) in [6.45, 7) is 7.27. The van der Waals surface area contributed by atoms with Gasteiger partial charge in [0, 0.05) is 5.70 Å². The third-order valence-corrected chi connectivity index (χ3v) is 5.76. The largest absolute Gasteiger partial charge is 0.497 e. The van der Waals surface area contributed by atoms with Crippen molar-refractivity contribution in [3.05, 3.63) is 51.7 Å². The summed E-state index contributed by atoms with van der Waals surface area (Å²) < 4.78 is 10.7. The highest BCUT2D eigenvalue weighted by molar-refractivity contribution is 8.18. The summed E-state index contributed by atoms with van der Waals surface area (Å²) in [6.07, 6.45) is 0. The maximum Gasteiger partial charge on any atom is 0.338 e. The molecule has 3 rings (SSSR count). The number of fused-ring (bicyclic) bond motifs is 1. The smallest absolute Gasteiger partial charge is 0.338 e. The van der Waals surface area contributed by atoms with E-state index in [9.17, 15) is 9.59 Å². The van der Waals surface area contributed by atoms with E-state index in [0.717, 1.165) is 11.3 Å². The molecule has 6 nitrogen and oxygen atoms in total. The van der Waals surface area contributed by atoms with Crippen molar-refractivity contribution < 1.29 is 19.1 Å². The van der Waals surface area contributed by atoms with Gasteiger partial charge in [-0.2, -0.15) is 0 Å². The first-order valence-corrected chi connectivity index (χ1v) is 9.50. The molecule has 2 aliphatic rings. The van der Waals surface area contributed by atoms with Crippen molar-refractivity contribution in [2.45, 2.75) is 33.7 Å². The SMILES string of the molecule is CCOC(=O)C1=C(C)N=C2SC(C(C)=O)=C(C)N2[C@H]1c1cccc(OC)c1. The molecule has 0 unspecified atom stereocenters. The lowest BCUT2D eigenvalue weighted by Gasteiger charge is -2.35. The van der Waals surface area contributed by atoms with E-state index in [1.165, 1.54) is 18.7 Å². The Hall–Kier alpha value is -2.54. The summed E-state index contributed by atoms with van der Waals surface area (Å²) in [6, 6.07) is 7.13. The number of thioether (sulfide) groups is 1. The molecule has 1 aromatic rings. The van der Waals surface area contributed by atoms with Crippen molar-refractivity contribution in [3.63, 3.8) is 0 Å². The average Bonchev–Trinajstić information content (AvgIpc) is 2.97. The average molecular weight is 386 g/mol. The Morgan fingerprint density at radius 1 is 1.30 bits per heavy atom. The second-order valence-electron chi connectivity index (χ2n) is 6.24. The minimum absolute atomic E-state index is 0.0191. The van der Waals surface area contributed by atoms with E-state index in [2.05, 4.69) is 4.99 Å². The number of rotatable bonds is 5. The van der Waals surface area contributed by atoms with Crippen molar-refractivity contribution in [1.82, 2.24) is 4.90 Å². The fourth-order valence-electron chi connectivity index (χ4n) is 3.30. The van der Waals surface area contributed by atoms with Crippen LogP contribution in [0.2, 0.25) is 0 Å². The van der Waals surface area contributed by atoms with Gasteiger partial charge in [-0.1, -0.05) is 12.1 Å². The fraction of sp³-hybridized carbons (Fsp3) is 0.350. The van der Waals surface area contributed by atoms with Crippen LogP contribution in [0.15, 0.2) is 51.1 Å². The molecular formula is C20H22N2O4S. The highest BCUT2D eigenvalue weighted by Gasteiger charge is 2.42. The van der Waals surface area contributed by atoms with Crippen LogP contribution in [0.4, 0.5) is 0 Å². The van der Waals surface area contributed by atoms with Gasteiger partial charge in [-0.05, 0) is 57.2 Å². The number of carbonyl (C=O) groups excluding carboxylic acids is 2. The van der Waals surface area contributed by atoms with Gasteiger partial charge in [0.1, 0.15) is 5.75 Å². The monoisotopic (exact) mass is 386 g/mol. The Labute approximate surface area is 162 Å². The normalized spacial score (nSPS) is 19.1. The van der Waals surface area contributed by atoms with E-state index >= 15 is 0 Å². The van der Waals surface area contributed by atoms with E-state index in [1.807, 2.05) is 36.1 Å². The van der Waals surface area contributed by atoms with Crippen LogP contribution in [0, 0.1) is 0 Å². The molecule has 27 heavy (non-hydrogen) atoms. The van der Waals surface area contributed by atoms with Crippen LogP contribution >= 0.6 is 11.8 Å². The Morgan fingerprint density at radius 3 is 2.67 bits per heavy atom. The van der Waals surface area contributed by atoms with Gasteiger partial charge in [0.2, 0.25) is 0 Å². The number of ether oxygens (including phenoxy) is 2. The molecule has 0 aliphatic carbocycles. The molecule has 0 saturated carbocycles. The molecule has 0 radical (unpaired) electrons. The van der Waals surface area contributed by atoms with Crippen LogP contribution < -0.4 is 4.74 Å². The van der Waals surface area contributed by atoms with Gasteiger partial charge in [0.25, 0.3) is 0 Å². The molecule has 0 amide bonds. The number of benzene rings is 1. The van der Waals surface area contributed by atoms with Gasteiger partial charge >= 0.3 is 5.97 Å². The molecule has 0 spiro atoms. The summed E-state index contributed by atoms with van der Waals surface area (Å²) in [5, 5.41) is 0.691. The van der Waals surface area contributed by atoms with Crippen LogP contribution in [0.5, 0.6) is 5.75 Å². The molecule has 2 heterocycles. The van der Waals surface area contributed by atoms with Gasteiger partial charge in [0.15, 0.2) is 11.0 Å². The van der Waals surface area contributed by atoms with Gasteiger partial charge < -0.3 is 14.4 Å². The Bertz CT molecular complexity index is 901.